The van der Waals surface area contributed by atoms with Crippen molar-refractivity contribution in [2.75, 3.05) is 0 Å². The van der Waals surface area contributed by atoms with E-state index in [0.717, 1.165) is 24.8 Å². The highest BCUT2D eigenvalue weighted by Gasteiger charge is 2.36. The molecular formula is C14H16N2O. The lowest BCUT2D eigenvalue weighted by Gasteiger charge is -2.31. The summed E-state index contributed by atoms with van der Waals surface area (Å²) in [6.07, 6.45) is 11.7. The predicted octanol–water partition coefficient (Wildman–Crippen LogP) is 1.94. The number of hydrogen-bond donors (Lipinski definition) is 0. The number of rotatable bonds is 2. The van der Waals surface area contributed by atoms with Crippen LogP contribution in [0.1, 0.15) is 24.8 Å². The first-order valence-electron chi connectivity index (χ1n) is 6.21. The fourth-order valence-electron chi connectivity index (χ4n) is 2.88. The number of carbonyl (C=O) groups excluding carboxylic acids is 1. The Morgan fingerprint density at radius 2 is 2.41 bits per heavy atom. The van der Waals surface area contributed by atoms with Gasteiger partial charge in [0.1, 0.15) is 0 Å². The third kappa shape index (κ3) is 1.97. The number of nitrogens with zero attached hydrogens (tertiary/aromatic N) is 2. The van der Waals surface area contributed by atoms with Crippen LogP contribution >= 0.6 is 0 Å². The fourth-order valence-corrected chi connectivity index (χ4v) is 2.88. The molecule has 0 aromatic carbocycles. The van der Waals surface area contributed by atoms with Crippen molar-refractivity contribution >= 4 is 5.91 Å². The molecule has 0 spiro atoms. The van der Waals surface area contributed by atoms with Crippen LogP contribution in [0.4, 0.5) is 0 Å². The third-order valence-corrected chi connectivity index (χ3v) is 3.68. The van der Waals surface area contributed by atoms with Gasteiger partial charge in [0.15, 0.2) is 0 Å². The maximum absolute atomic E-state index is 12.3. The number of fused-ring (bicyclic) bond motifs is 2. The molecule has 1 aromatic rings. The molecule has 2 aliphatic heterocycles. The molecule has 1 amide bonds. The molecule has 3 rings (SSSR count). The summed E-state index contributed by atoms with van der Waals surface area (Å²) in [5.74, 6) is 0.245. The van der Waals surface area contributed by atoms with E-state index in [1.165, 1.54) is 0 Å². The van der Waals surface area contributed by atoms with Crippen molar-refractivity contribution in [2.24, 2.45) is 0 Å². The zero-order valence-electron chi connectivity index (χ0n) is 9.75. The lowest BCUT2D eigenvalue weighted by atomic mass is 10.1. The van der Waals surface area contributed by atoms with Crippen LogP contribution in [0.2, 0.25) is 0 Å². The van der Waals surface area contributed by atoms with Crippen molar-refractivity contribution in [1.82, 2.24) is 9.88 Å². The van der Waals surface area contributed by atoms with Gasteiger partial charge >= 0.3 is 0 Å². The third-order valence-electron chi connectivity index (χ3n) is 3.68. The van der Waals surface area contributed by atoms with E-state index in [-0.39, 0.29) is 5.91 Å². The maximum Gasteiger partial charge on any atom is 0.227 e. The van der Waals surface area contributed by atoms with E-state index in [9.17, 15) is 4.79 Å². The minimum Gasteiger partial charge on any atom is -0.333 e. The number of hydrogen-bond acceptors (Lipinski definition) is 2. The number of aromatic nitrogens is 1. The van der Waals surface area contributed by atoms with E-state index in [2.05, 4.69) is 22.0 Å². The summed E-state index contributed by atoms with van der Waals surface area (Å²) in [4.78, 5) is 18.4. The van der Waals surface area contributed by atoms with Crippen molar-refractivity contribution in [3.63, 3.8) is 0 Å². The number of pyridine rings is 1. The maximum atomic E-state index is 12.3. The molecule has 0 N–H and O–H groups in total. The van der Waals surface area contributed by atoms with Gasteiger partial charge in [-0.1, -0.05) is 18.2 Å². The molecule has 0 radical (unpaired) electrons. The van der Waals surface area contributed by atoms with Crippen LogP contribution in [0.3, 0.4) is 0 Å². The molecule has 88 valence electrons. The molecular weight excluding hydrogens is 212 g/mol. The molecule has 3 heterocycles. The van der Waals surface area contributed by atoms with Crippen LogP contribution in [-0.4, -0.2) is 27.9 Å². The van der Waals surface area contributed by atoms with Gasteiger partial charge in [-0.05, 0) is 30.9 Å². The Labute approximate surface area is 101 Å². The Balaban J connectivity index is 1.73. The Hall–Kier alpha value is -1.64. The quantitative estimate of drug-likeness (QED) is 0.725. The summed E-state index contributed by atoms with van der Waals surface area (Å²) in [5, 5.41) is 0. The molecule has 1 fully saturated rings. The van der Waals surface area contributed by atoms with Gasteiger partial charge in [-0.3, -0.25) is 9.78 Å². The van der Waals surface area contributed by atoms with Gasteiger partial charge in [-0.25, -0.2) is 0 Å². The highest BCUT2D eigenvalue weighted by atomic mass is 16.2. The fraction of sp³-hybridized carbons (Fsp3) is 0.429. The summed E-state index contributed by atoms with van der Waals surface area (Å²) in [6.45, 7) is 0. The molecule has 0 saturated carbocycles. The zero-order valence-corrected chi connectivity index (χ0v) is 9.75. The Morgan fingerprint density at radius 3 is 3.18 bits per heavy atom. The van der Waals surface area contributed by atoms with Gasteiger partial charge in [0.05, 0.1) is 12.5 Å². The minimum absolute atomic E-state index is 0.245. The Morgan fingerprint density at radius 1 is 1.47 bits per heavy atom. The molecule has 2 atom stereocenters. The molecule has 0 aliphatic carbocycles. The summed E-state index contributed by atoms with van der Waals surface area (Å²) >= 11 is 0. The van der Waals surface area contributed by atoms with Crippen LogP contribution in [-0.2, 0) is 11.2 Å². The Kier molecular flexibility index (Phi) is 2.67. The van der Waals surface area contributed by atoms with E-state index in [1.54, 1.807) is 12.4 Å². The topological polar surface area (TPSA) is 33.2 Å². The second-order valence-corrected chi connectivity index (χ2v) is 4.80. The summed E-state index contributed by atoms with van der Waals surface area (Å²) < 4.78 is 0. The minimum atomic E-state index is 0.245. The first-order chi connectivity index (χ1) is 8.34. The van der Waals surface area contributed by atoms with Gasteiger partial charge in [-0.15, -0.1) is 0 Å². The van der Waals surface area contributed by atoms with Crippen LogP contribution in [0.25, 0.3) is 0 Å². The van der Waals surface area contributed by atoms with Crippen LogP contribution < -0.4 is 0 Å². The second-order valence-electron chi connectivity index (χ2n) is 4.80. The van der Waals surface area contributed by atoms with Crippen LogP contribution in [0.5, 0.6) is 0 Å². The molecule has 3 nitrogen and oxygen atoms in total. The normalized spacial score (nSPS) is 26.2. The standard InChI is InChI=1S/C14H16N2O/c17-14(9-11-3-2-8-15-10-11)16-12-4-1-5-13(16)7-6-12/h1-4,8,10,12-13H,5-7,9H2/t12-,13-/m0/s1. The molecule has 1 aromatic heterocycles. The lowest BCUT2D eigenvalue weighted by molar-refractivity contribution is -0.132. The van der Waals surface area contributed by atoms with Crippen molar-refractivity contribution in [3.8, 4) is 0 Å². The average Bonchev–Trinajstić information content (AvgIpc) is 2.61. The molecule has 1 saturated heterocycles. The van der Waals surface area contributed by atoms with Crippen molar-refractivity contribution in [2.45, 2.75) is 37.8 Å². The molecule has 2 bridgehead atoms. The zero-order chi connectivity index (χ0) is 11.7. The highest BCUT2D eigenvalue weighted by Crippen LogP contribution is 2.31. The SMILES string of the molecule is O=C(Cc1cccnc1)N1[C@H]2CC=C[C@H]1CC2. The van der Waals surface area contributed by atoms with E-state index in [4.69, 9.17) is 0 Å². The summed E-state index contributed by atoms with van der Waals surface area (Å²) in [7, 11) is 0. The molecule has 0 unspecified atom stereocenters. The number of carbonyl (C=O) groups is 1. The number of amides is 1. The van der Waals surface area contributed by atoms with Crippen molar-refractivity contribution in [3.05, 3.63) is 42.2 Å². The predicted molar refractivity (Wildman–Crippen MR) is 65.4 cm³/mol. The lowest BCUT2D eigenvalue weighted by Crippen LogP contribution is -2.42. The molecule has 17 heavy (non-hydrogen) atoms. The van der Waals surface area contributed by atoms with Crippen molar-refractivity contribution < 1.29 is 4.79 Å². The van der Waals surface area contributed by atoms with E-state index in [1.807, 2.05) is 12.1 Å². The van der Waals surface area contributed by atoms with E-state index >= 15 is 0 Å². The summed E-state index contributed by atoms with van der Waals surface area (Å²) in [5.41, 5.74) is 1.01. The van der Waals surface area contributed by atoms with Gasteiger partial charge in [0.2, 0.25) is 5.91 Å². The van der Waals surface area contributed by atoms with Crippen molar-refractivity contribution in [1.29, 1.82) is 0 Å². The van der Waals surface area contributed by atoms with Gasteiger partial charge in [-0.2, -0.15) is 0 Å². The van der Waals surface area contributed by atoms with Crippen LogP contribution in [0, 0.1) is 0 Å². The highest BCUT2D eigenvalue weighted by molar-refractivity contribution is 5.80. The first-order valence-corrected chi connectivity index (χ1v) is 6.21. The Bertz CT molecular complexity index is 441. The second kappa shape index (κ2) is 4.32. The van der Waals surface area contributed by atoms with E-state index in [0.29, 0.717) is 18.5 Å². The average molecular weight is 228 g/mol. The van der Waals surface area contributed by atoms with Crippen LogP contribution in [0.15, 0.2) is 36.7 Å². The summed E-state index contributed by atoms with van der Waals surface area (Å²) in [6, 6.07) is 4.63. The van der Waals surface area contributed by atoms with Gasteiger partial charge in [0, 0.05) is 18.4 Å². The monoisotopic (exact) mass is 228 g/mol. The molecule has 3 heteroatoms. The van der Waals surface area contributed by atoms with Gasteiger partial charge < -0.3 is 4.90 Å². The molecule has 2 aliphatic rings. The largest absolute Gasteiger partial charge is 0.333 e. The van der Waals surface area contributed by atoms with E-state index < -0.39 is 0 Å². The van der Waals surface area contributed by atoms with Gasteiger partial charge in [0.25, 0.3) is 0 Å². The smallest absolute Gasteiger partial charge is 0.227 e. The first kappa shape index (κ1) is 10.5.